The SMILES string of the molecule is C#CCC(CC)NC(C)Cc1ccccc1F. The van der Waals surface area contributed by atoms with Gasteiger partial charge in [0.05, 0.1) is 0 Å². The molecule has 1 aromatic rings. The zero-order chi connectivity index (χ0) is 12.7. The van der Waals surface area contributed by atoms with Gasteiger partial charge in [0.1, 0.15) is 5.82 Å². The molecule has 0 saturated carbocycles. The lowest BCUT2D eigenvalue weighted by Gasteiger charge is -2.20. The van der Waals surface area contributed by atoms with E-state index in [-0.39, 0.29) is 11.9 Å². The molecule has 0 bridgehead atoms. The first-order valence-corrected chi connectivity index (χ1v) is 6.10. The third-order valence-electron chi connectivity index (χ3n) is 2.86. The van der Waals surface area contributed by atoms with E-state index < -0.39 is 0 Å². The summed E-state index contributed by atoms with van der Waals surface area (Å²) in [7, 11) is 0. The molecule has 2 heteroatoms. The molecule has 0 fully saturated rings. The lowest BCUT2D eigenvalue weighted by atomic mass is 10.0. The van der Waals surface area contributed by atoms with Gasteiger partial charge in [-0.25, -0.2) is 4.39 Å². The number of halogens is 1. The molecule has 0 spiro atoms. The van der Waals surface area contributed by atoms with E-state index in [0.29, 0.717) is 12.5 Å². The molecule has 0 radical (unpaired) electrons. The maximum atomic E-state index is 13.5. The van der Waals surface area contributed by atoms with E-state index in [4.69, 9.17) is 6.42 Å². The lowest BCUT2D eigenvalue weighted by molar-refractivity contribution is 0.433. The van der Waals surface area contributed by atoms with Crippen LogP contribution in [0.1, 0.15) is 32.3 Å². The Morgan fingerprint density at radius 1 is 1.41 bits per heavy atom. The average Bonchev–Trinajstić information content (AvgIpc) is 2.31. The zero-order valence-electron chi connectivity index (χ0n) is 10.5. The van der Waals surface area contributed by atoms with E-state index >= 15 is 0 Å². The third-order valence-corrected chi connectivity index (χ3v) is 2.86. The summed E-state index contributed by atoms with van der Waals surface area (Å²) in [6.45, 7) is 4.16. The summed E-state index contributed by atoms with van der Waals surface area (Å²) in [5, 5.41) is 3.43. The van der Waals surface area contributed by atoms with Crippen molar-refractivity contribution in [2.24, 2.45) is 0 Å². The standard InChI is InChI=1S/C15H20FN/c1-4-8-14(5-2)17-12(3)11-13-9-6-7-10-15(13)16/h1,6-7,9-10,12,14,17H,5,8,11H2,2-3H3. The Morgan fingerprint density at radius 3 is 2.71 bits per heavy atom. The van der Waals surface area contributed by atoms with Crippen LogP contribution in [0.3, 0.4) is 0 Å². The maximum Gasteiger partial charge on any atom is 0.126 e. The van der Waals surface area contributed by atoms with Crippen LogP contribution in [0.2, 0.25) is 0 Å². The highest BCUT2D eigenvalue weighted by atomic mass is 19.1. The summed E-state index contributed by atoms with van der Waals surface area (Å²) in [5.74, 6) is 2.53. The Morgan fingerprint density at radius 2 is 2.12 bits per heavy atom. The molecule has 0 aliphatic carbocycles. The monoisotopic (exact) mass is 233 g/mol. The maximum absolute atomic E-state index is 13.5. The summed E-state index contributed by atoms with van der Waals surface area (Å²) in [6.07, 6.45) is 7.71. The van der Waals surface area contributed by atoms with E-state index in [1.165, 1.54) is 6.07 Å². The molecule has 17 heavy (non-hydrogen) atoms. The first-order valence-electron chi connectivity index (χ1n) is 6.10. The molecular weight excluding hydrogens is 213 g/mol. The second-order valence-corrected chi connectivity index (χ2v) is 4.38. The largest absolute Gasteiger partial charge is 0.310 e. The molecule has 0 amide bonds. The van der Waals surface area contributed by atoms with Gasteiger partial charge in [-0.05, 0) is 31.4 Å². The molecule has 0 saturated heterocycles. The molecule has 1 rings (SSSR count). The molecule has 0 aliphatic heterocycles. The molecule has 1 N–H and O–H groups in total. The minimum absolute atomic E-state index is 0.133. The van der Waals surface area contributed by atoms with Gasteiger partial charge in [0.25, 0.3) is 0 Å². The molecule has 2 atom stereocenters. The van der Waals surface area contributed by atoms with E-state index in [1.54, 1.807) is 6.07 Å². The van der Waals surface area contributed by atoms with Crippen molar-refractivity contribution in [3.63, 3.8) is 0 Å². The average molecular weight is 233 g/mol. The van der Waals surface area contributed by atoms with Crippen molar-refractivity contribution in [1.82, 2.24) is 5.32 Å². The predicted octanol–water partition coefficient (Wildman–Crippen LogP) is 3.15. The Labute approximate surface area is 103 Å². The van der Waals surface area contributed by atoms with Gasteiger partial charge in [0.15, 0.2) is 0 Å². The van der Waals surface area contributed by atoms with Crippen LogP contribution in [-0.2, 0) is 6.42 Å². The van der Waals surface area contributed by atoms with Crippen LogP contribution in [0.15, 0.2) is 24.3 Å². The Balaban J connectivity index is 2.52. The van der Waals surface area contributed by atoms with Gasteiger partial charge >= 0.3 is 0 Å². The smallest absolute Gasteiger partial charge is 0.126 e. The van der Waals surface area contributed by atoms with Crippen molar-refractivity contribution >= 4 is 0 Å². The van der Waals surface area contributed by atoms with E-state index in [0.717, 1.165) is 18.4 Å². The van der Waals surface area contributed by atoms with Gasteiger partial charge in [-0.15, -0.1) is 12.3 Å². The summed E-state index contributed by atoms with van der Waals surface area (Å²) in [6, 6.07) is 7.46. The Kier molecular flexibility index (Phi) is 5.72. The summed E-state index contributed by atoms with van der Waals surface area (Å²) >= 11 is 0. The quantitative estimate of drug-likeness (QED) is 0.744. The zero-order valence-corrected chi connectivity index (χ0v) is 10.5. The first kappa shape index (κ1) is 13.7. The molecule has 1 aromatic carbocycles. The van der Waals surface area contributed by atoms with Crippen LogP contribution < -0.4 is 5.32 Å². The number of nitrogens with one attached hydrogen (secondary N) is 1. The van der Waals surface area contributed by atoms with Crippen LogP contribution in [0.5, 0.6) is 0 Å². The number of rotatable bonds is 6. The second-order valence-electron chi connectivity index (χ2n) is 4.38. The van der Waals surface area contributed by atoms with Gasteiger partial charge < -0.3 is 5.32 Å². The van der Waals surface area contributed by atoms with E-state index in [9.17, 15) is 4.39 Å². The lowest BCUT2D eigenvalue weighted by Crippen LogP contribution is -2.37. The number of benzene rings is 1. The summed E-state index contributed by atoms with van der Waals surface area (Å²) in [4.78, 5) is 0. The highest BCUT2D eigenvalue weighted by Gasteiger charge is 2.11. The van der Waals surface area contributed by atoms with Crippen LogP contribution >= 0.6 is 0 Å². The third kappa shape index (κ3) is 4.58. The molecule has 2 unspecified atom stereocenters. The molecule has 92 valence electrons. The molecule has 0 aromatic heterocycles. The minimum atomic E-state index is -0.133. The number of hydrogen-bond acceptors (Lipinski definition) is 1. The molecule has 0 aliphatic rings. The fourth-order valence-corrected chi connectivity index (χ4v) is 1.92. The first-order chi connectivity index (χ1) is 8.17. The van der Waals surface area contributed by atoms with E-state index in [1.807, 2.05) is 12.1 Å². The van der Waals surface area contributed by atoms with Gasteiger partial charge in [-0.1, -0.05) is 25.1 Å². The Hall–Kier alpha value is -1.33. The topological polar surface area (TPSA) is 12.0 Å². The van der Waals surface area contributed by atoms with Crippen molar-refractivity contribution in [3.05, 3.63) is 35.6 Å². The van der Waals surface area contributed by atoms with Crippen LogP contribution in [-0.4, -0.2) is 12.1 Å². The molecule has 1 nitrogen and oxygen atoms in total. The fourth-order valence-electron chi connectivity index (χ4n) is 1.92. The normalized spacial score (nSPS) is 14.0. The van der Waals surface area contributed by atoms with Crippen LogP contribution in [0.25, 0.3) is 0 Å². The number of terminal acetylenes is 1. The Bertz CT molecular complexity index is 381. The van der Waals surface area contributed by atoms with Crippen molar-refractivity contribution in [1.29, 1.82) is 0 Å². The highest BCUT2D eigenvalue weighted by Crippen LogP contribution is 2.10. The molecular formula is C15H20FN. The van der Waals surface area contributed by atoms with Gasteiger partial charge in [-0.2, -0.15) is 0 Å². The van der Waals surface area contributed by atoms with Crippen molar-refractivity contribution in [2.45, 2.75) is 45.2 Å². The second kappa shape index (κ2) is 7.09. The minimum Gasteiger partial charge on any atom is -0.310 e. The van der Waals surface area contributed by atoms with Crippen LogP contribution in [0, 0.1) is 18.2 Å². The van der Waals surface area contributed by atoms with E-state index in [2.05, 4.69) is 25.1 Å². The summed E-state index contributed by atoms with van der Waals surface area (Å²) < 4.78 is 13.5. The highest BCUT2D eigenvalue weighted by molar-refractivity contribution is 5.18. The fraction of sp³-hybridized carbons (Fsp3) is 0.467. The van der Waals surface area contributed by atoms with Crippen LogP contribution in [0.4, 0.5) is 4.39 Å². The number of hydrogen-bond donors (Lipinski definition) is 1. The van der Waals surface area contributed by atoms with Gasteiger partial charge in [0.2, 0.25) is 0 Å². The summed E-state index contributed by atoms with van der Waals surface area (Å²) in [5.41, 5.74) is 0.753. The van der Waals surface area contributed by atoms with Crippen molar-refractivity contribution in [2.75, 3.05) is 0 Å². The van der Waals surface area contributed by atoms with Gasteiger partial charge in [0, 0.05) is 18.5 Å². The van der Waals surface area contributed by atoms with Crippen molar-refractivity contribution in [3.8, 4) is 12.3 Å². The van der Waals surface area contributed by atoms with Crippen molar-refractivity contribution < 1.29 is 4.39 Å². The predicted molar refractivity (Wildman–Crippen MR) is 70.2 cm³/mol. The molecule has 0 heterocycles. The van der Waals surface area contributed by atoms with Gasteiger partial charge in [-0.3, -0.25) is 0 Å².